The lowest BCUT2D eigenvalue weighted by molar-refractivity contribution is -0.148. The minimum absolute atomic E-state index is 0.0304. The molecule has 1 rings (SSSR count). The maximum absolute atomic E-state index is 12.3. The molecule has 0 saturated heterocycles. The Balaban J connectivity index is 0.000000869. The zero-order valence-corrected chi connectivity index (χ0v) is 26.0. The molecule has 14 nitrogen and oxygen atoms in total. The SMILES string of the molecule is COC(=O)CCC(NC(=O)OC(C)(C)C)C(=O)O.COC(=O)CCC(NC(=O)OC(C)(C)C)C(=O)OCc1ccccc1. The third-order valence-electron chi connectivity index (χ3n) is 4.92. The molecule has 0 aliphatic carbocycles. The summed E-state index contributed by atoms with van der Waals surface area (Å²) >= 11 is 0. The van der Waals surface area contributed by atoms with Crippen molar-refractivity contribution in [2.75, 3.05) is 14.2 Å². The van der Waals surface area contributed by atoms with Crippen LogP contribution in [0.1, 0.15) is 72.8 Å². The van der Waals surface area contributed by atoms with Crippen molar-refractivity contribution in [2.24, 2.45) is 0 Å². The average molecular weight is 613 g/mol. The minimum Gasteiger partial charge on any atom is -0.480 e. The fourth-order valence-electron chi connectivity index (χ4n) is 2.96. The molecule has 0 bridgehead atoms. The Hall–Kier alpha value is -4.36. The van der Waals surface area contributed by atoms with Crippen LogP contribution in [-0.2, 0) is 49.5 Å². The van der Waals surface area contributed by atoms with Gasteiger partial charge in [0.05, 0.1) is 14.2 Å². The number of hydrogen-bond acceptors (Lipinski definition) is 11. The number of ether oxygens (including phenoxy) is 5. The third-order valence-corrected chi connectivity index (χ3v) is 4.92. The Morgan fingerprint density at radius 1 is 0.721 bits per heavy atom. The van der Waals surface area contributed by atoms with E-state index in [4.69, 9.17) is 19.3 Å². The van der Waals surface area contributed by atoms with Gasteiger partial charge in [-0.15, -0.1) is 0 Å². The van der Waals surface area contributed by atoms with Crippen LogP contribution in [0.25, 0.3) is 0 Å². The van der Waals surface area contributed by atoms with Crippen LogP contribution in [-0.4, -0.2) is 78.7 Å². The van der Waals surface area contributed by atoms with E-state index < -0.39 is 59.3 Å². The van der Waals surface area contributed by atoms with Crippen molar-refractivity contribution in [3.63, 3.8) is 0 Å². The van der Waals surface area contributed by atoms with Gasteiger partial charge in [-0.25, -0.2) is 19.2 Å². The molecule has 0 saturated carbocycles. The van der Waals surface area contributed by atoms with E-state index in [0.717, 1.165) is 5.56 Å². The van der Waals surface area contributed by atoms with Crippen LogP contribution in [0.15, 0.2) is 30.3 Å². The maximum Gasteiger partial charge on any atom is 0.408 e. The molecule has 0 radical (unpaired) electrons. The van der Waals surface area contributed by atoms with Crippen molar-refractivity contribution in [3.8, 4) is 0 Å². The quantitative estimate of drug-likeness (QED) is 0.230. The van der Waals surface area contributed by atoms with Gasteiger partial charge < -0.3 is 39.4 Å². The van der Waals surface area contributed by atoms with E-state index in [-0.39, 0.29) is 32.3 Å². The number of carboxylic acid groups (broad SMARTS) is 1. The van der Waals surface area contributed by atoms with E-state index in [0.29, 0.717) is 0 Å². The van der Waals surface area contributed by atoms with Gasteiger partial charge in [-0.3, -0.25) is 9.59 Å². The summed E-state index contributed by atoms with van der Waals surface area (Å²) in [5, 5.41) is 13.5. The van der Waals surface area contributed by atoms with Crippen molar-refractivity contribution >= 4 is 36.1 Å². The van der Waals surface area contributed by atoms with Crippen LogP contribution in [0.5, 0.6) is 0 Å². The highest BCUT2D eigenvalue weighted by atomic mass is 16.6. The monoisotopic (exact) mass is 612 g/mol. The predicted octanol–water partition coefficient (Wildman–Crippen LogP) is 3.49. The number of rotatable bonds is 12. The zero-order chi connectivity index (χ0) is 33.2. The summed E-state index contributed by atoms with van der Waals surface area (Å²) in [6.07, 6.45) is -1.71. The van der Waals surface area contributed by atoms with Crippen molar-refractivity contribution in [1.82, 2.24) is 10.6 Å². The number of hydrogen-bond donors (Lipinski definition) is 3. The lowest BCUT2D eigenvalue weighted by atomic mass is 10.1. The molecule has 1 aromatic carbocycles. The first-order chi connectivity index (χ1) is 19.9. The number of methoxy groups -OCH3 is 2. The lowest BCUT2D eigenvalue weighted by Gasteiger charge is -2.22. The molecular formula is C29H44N2O12. The summed E-state index contributed by atoms with van der Waals surface area (Å²) in [5.41, 5.74) is -0.597. The van der Waals surface area contributed by atoms with Crippen LogP contribution in [0.2, 0.25) is 0 Å². The number of nitrogens with one attached hydrogen (secondary N) is 2. The molecule has 3 N–H and O–H groups in total. The summed E-state index contributed by atoms with van der Waals surface area (Å²) < 4.78 is 24.2. The molecule has 2 unspecified atom stereocenters. The van der Waals surface area contributed by atoms with Gasteiger partial charge in [-0.2, -0.15) is 0 Å². The second-order valence-electron chi connectivity index (χ2n) is 11.1. The van der Waals surface area contributed by atoms with Gasteiger partial charge in [0.15, 0.2) is 0 Å². The number of amides is 2. The van der Waals surface area contributed by atoms with E-state index in [1.54, 1.807) is 41.5 Å². The molecule has 0 heterocycles. The molecule has 1 aromatic rings. The molecule has 2 atom stereocenters. The maximum atomic E-state index is 12.3. The smallest absolute Gasteiger partial charge is 0.408 e. The van der Waals surface area contributed by atoms with Crippen LogP contribution in [0, 0.1) is 0 Å². The van der Waals surface area contributed by atoms with Gasteiger partial charge in [0.25, 0.3) is 0 Å². The summed E-state index contributed by atoms with van der Waals surface area (Å²) in [5.74, 6) is -2.89. The molecule has 2 amide bonds. The Morgan fingerprint density at radius 3 is 1.53 bits per heavy atom. The topological polar surface area (TPSA) is 193 Å². The van der Waals surface area contributed by atoms with E-state index in [2.05, 4.69) is 20.1 Å². The highest BCUT2D eigenvalue weighted by molar-refractivity contribution is 5.82. The van der Waals surface area contributed by atoms with E-state index in [9.17, 15) is 28.8 Å². The number of alkyl carbamates (subject to hydrolysis) is 2. The second-order valence-corrected chi connectivity index (χ2v) is 11.1. The first-order valence-electron chi connectivity index (χ1n) is 13.4. The van der Waals surface area contributed by atoms with Crippen molar-refractivity contribution in [1.29, 1.82) is 0 Å². The number of carbonyl (C=O) groups is 6. The Kier molecular flexibility index (Phi) is 17.0. The van der Waals surface area contributed by atoms with Gasteiger partial charge in [0.1, 0.15) is 29.9 Å². The first-order valence-corrected chi connectivity index (χ1v) is 13.4. The number of carbonyl (C=O) groups excluding carboxylic acids is 5. The Bertz CT molecular complexity index is 1060. The molecule has 0 aliphatic heterocycles. The summed E-state index contributed by atoms with van der Waals surface area (Å²) in [4.78, 5) is 68.6. The second kappa shape index (κ2) is 18.9. The van der Waals surface area contributed by atoms with Crippen molar-refractivity contribution < 1.29 is 57.6 Å². The number of carboxylic acids is 1. The minimum atomic E-state index is -1.23. The predicted molar refractivity (Wildman–Crippen MR) is 153 cm³/mol. The fourth-order valence-corrected chi connectivity index (χ4v) is 2.96. The largest absolute Gasteiger partial charge is 0.480 e. The molecule has 0 aliphatic rings. The van der Waals surface area contributed by atoms with Gasteiger partial charge in [0.2, 0.25) is 0 Å². The molecule has 0 fully saturated rings. The molecular weight excluding hydrogens is 568 g/mol. The summed E-state index contributed by atoms with van der Waals surface area (Å²) in [6.45, 7) is 10.2. The van der Waals surface area contributed by atoms with E-state index in [1.807, 2.05) is 30.3 Å². The van der Waals surface area contributed by atoms with E-state index >= 15 is 0 Å². The number of esters is 3. The number of aliphatic carboxylic acids is 1. The van der Waals surface area contributed by atoms with Gasteiger partial charge in [-0.1, -0.05) is 30.3 Å². The molecule has 242 valence electrons. The standard InChI is InChI=1S/C18H25NO6.C11H19NO6/c1-18(2,3)25-17(22)19-14(10-11-15(20)23-4)16(21)24-12-13-8-6-5-7-9-13;1-11(2,3)18-10(16)12-7(9(14)15)5-6-8(13)17-4/h5-9,14H,10-12H2,1-4H3,(H,19,22);7H,5-6H2,1-4H3,(H,12,16)(H,14,15). The highest BCUT2D eigenvalue weighted by Crippen LogP contribution is 2.10. The van der Waals surface area contributed by atoms with Gasteiger partial charge >= 0.3 is 36.1 Å². The van der Waals surface area contributed by atoms with Crippen molar-refractivity contribution in [2.45, 2.75) is 97.1 Å². The third kappa shape index (κ3) is 20.2. The van der Waals surface area contributed by atoms with Crippen LogP contribution >= 0.6 is 0 Å². The highest BCUT2D eigenvalue weighted by Gasteiger charge is 2.27. The molecule has 0 aromatic heterocycles. The summed E-state index contributed by atoms with van der Waals surface area (Å²) in [7, 11) is 2.46. The zero-order valence-electron chi connectivity index (χ0n) is 26.0. The van der Waals surface area contributed by atoms with Crippen LogP contribution < -0.4 is 10.6 Å². The van der Waals surface area contributed by atoms with Gasteiger partial charge in [0, 0.05) is 12.8 Å². The molecule has 0 spiro atoms. The van der Waals surface area contributed by atoms with Crippen LogP contribution in [0.3, 0.4) is 0 Å². The first kappa shape index (κ1) is 38.6. The average Bonchev–Trinajstić information content (AvgIpc) is 2.90. The lowest BCUT2D eigenvalue weighted by Crippen LogP contribution is -2.44. The van der Waals surface area contributed by atoms with E-state index in [1.165, 1.54) is 14.2 Å². The Labute approximate surface area is 251 Å². The van der Waals surface area contributed by atoms with Crippen molar-refractivity contribution in [3.05, 3.63) is 35.9 Å². The van der Waals surface area contributed by atoms with Crippen LogP contribution in [0.4, 0.5) is 9.59 Å². The van der Waals surface area contributed by atoms with Gasteiger partial charge in [-0.05, 0) is 59.9 Å². The Morgan fingerprint density at radius 2 is 1.14 bits per heavy atom. The molecule has 14 heteroatoms. The normalized spacial score (nSPS) is 12.2. The summed E-state index contributed by atoms with van der Waals surface area (Å²) in [6, 6.07) is 6.97. The fraction of sp³-hybridized carbons (Fsp3) is 0.586. The number of benzene rings is 1. The molecule has 43 heavy (non-hydrogen) atoms.